The van der Waals surface area contributed by atoms with Crippen LogP contribution in [-0.4, -0.2) is 40.0 Å². The molecular formula is C21H21F3N2O5S. The van der Waals surface area contributed by atoms with Crippen molar-refractivity contribution in [3.63, 3.8) is 0 Å². The second-order valence-corrected chi connectivity index (χ2v) is 8.88. The third kappa shape index (κ3) is 5.86. The van der Waals surface area contributed by atoms with Crippen molar-refractivity contribution < 1.29 is 35.9 Å². The lowest BCUT2D eigenvalue weighted by atomic mass is 10.0. The van der Waals surface area contributed by atoms with Gasteiger partial charge in [-0.15, -0.1) is 0 Å². The first-order valence-corrected chi connectivity index (χ1v) is 11.3. The number of hydrogen-bond donors (Lipinski definition) is 1. The molecule has 32 heavy (non-hydrogen) atoms. The minimum atomic E-state index is -4.68. The van der Waals surface area contributed by atoms with E-state index in [2.05, 4.69) is 4.72 Å². The van der Waals surface area contributed by atoms with Gasteiger partial charge >= 0.3 is 12.1 Å². The van der Waals surface area contributed by atoms with Crippen LogP contribution in [-0.2, 0) is 36.9 Å². The molecule has 1 aliphatic heterocycles. The van der Waals surface area contributed by atoms with E-state index in [1.165, 1.54) is 0 Å². The Hall–Kier alpha value is -2.92. The number of amides is 1. The summed E-state index contributed by atoms with van der Waals surface area (Å²) in [5.41, 5.74) is 0.702. The highest BCUT2D eigenvalue weighted by Crippen LogP contribution is 2.30. The number of nitrogens with zero attached hydrogens (tertiary/aromatic N) is 1. The molecule has 1 aliphatic rings. The van der Waals surface area contributed by atoms with Crippen LogP contribution in [0.5, 0.6) is 0 Å². The molecule has 7 nitrogen and oxygen atoms in total. The van der Waals surface area contributed by atoms with Gasteiger partial charge in [-0.1, -0.05) is 24.3 Å². The number of esters is 1. The number of carbonyl (C=O) groups excluding carboxylic acids is 2. The number of hydrogen-bond acceptors (Lipinski definition) is 5. The van der Waals surface area contributed by atoms with Crippen LogP contribution in [0.25, 0.3) is 0 Å². The van der Waals surface area contributed by atoms with Gasteiger partial charge in [-0.2, -0.15) is 13.2 Å². The minimum absolute atomic E-state index is 0.387. The maximum Gasteiger partial charge on any atom is 0.416 e. The Morgan fingerprint density at radius 1 is 1.09 bits per heavy atom. The van der Waals surface area contributed by atoms with Crippen LogP contribution in [0, 0.1) is 0 Å². The molecular weight excluding hydrogens is 449 g/mol. The summed E-state index contributed by atoms with van der Waals surface area (Å²) in [4.78, 5) is 25.3. The number of benzene rings is 2. The van der Waals surface area contributed by atoms with Gasteiger partial charge in [-0.05, 0) is 42.7 Å². The van der Waals surface area contributed by atoms with Crippen LogP contribution >= 0.6 is 0 Å². The number of sulfonamides is 1. The Labute approximate surface area is 183 Å². The van der Waals surface area contributed by atoms with E-state index in [9.17, 15) is 31.2 Å². The number of carbonyl (C=O) groups is 2. The van der Waals surface area contributed by atoms with Gasteiger partial charge in [-0.3, -0.25) is 9.59 Å². The Morgan fingerprint density at radius 2 is 1.84 bits per heavy atom. The summed E-state index contributed by atoms with van der Waals surface area (Å²) in [6, 6.07) is 10.7. The second-order valence-electron chi connectivity index (χ2n) is 7.11. The molecule has 0 saturated heterocycles. The fourth-order valence-electron chi connectivity index (χ4n) is 3.30. The van der Waals surface area contributed by atoms with Crippen molar-refractivity contribution in [3.8, 4) is 0 Å². The smallest absolute Gasteiger partial charge is 0.416 e. The van der Waals surface area contributed by atoms with E-state index in [0.29, 0.717) is 12.6 Å². The van der Waals surface area contributed by atoms with Crippen LogP contribution in [0.2, 0.25) is 0 Å². The third-order valence-corrected chi connectivity index (χ3v) is 6.32. The molecule has 3 rings (SSSR count). The number of ether oxygens (including phenoxy) is 1. The molecule has 0 fully saturated rings. The molecule has 0 spiro atoms. The van der Waals surface area contributed by atoms with Crippen molar-refractivity contribution in [1.82, 2.24) is 4.72 Å². The molecule has 0 radical (unpaired) electrons. The molecule has 1 amide bonds. The van der Waals surface area contributed by atoms with Crippen molar-refractivity contribution in [1.29, 1.82) is 0 Å². The van der Waals surface area contributed by atoms with Gasteiger partial charge < -0.3 is 9.64 Å². The van der Waals surface area contributed by atoms with E-state index < -0.39 is 51.7 Å². The quantitative estimate of drug-likeness (QED) is 0.629. The fourth-order valence-corrected chi connectivity index (χ4v) is 4.37. The molecule has 0 atom stereocenters. The van der Waals surface area contributed by atoms with Crippen LogP contribution in [0.4, 0.5) is 18.9 Å². The molecule has 1 heterocycles. The van der Waals surface area contributed by atoms with Crippen LogP contribution in [0.15, 0.2) is 53.4 Å². The minimum Gasteiger partial charge on any atom is -0.456 e. The second kappa shape index (κ2) is 9.70. The van der Waals surface area contributed by atoms with Crippen LogP contribution in [0.1, 0.15) is 24.0 Å². The van der Waals surface area contributed by atoms with E-state index >= 15 is 0 Å². The summed E-state index contributed by atoms with van der Waals surface area (Å²) in [6.45, 7) is -0.379. The van der Waals surface area contributed by atoms with E-state index in [0.717, 1.165) is 42.3 Å². The van der Waals surface area contributed by atoms with Crippen LogP contribution < -0.4 is 9.62 Å². The highest BCUT2D eigenvalue weighted by atomic mass is 32.2. The van der Waals surface area contributed by atoms with E-state index in [1.54, 1.807) is 4.90 Å². The Morgan fingerprint density at radius 3 is 2.59 bits per heavy atom. The molecule has 0 aromatic heterocycles. The lowest BCUT2D eigenvalue weighted by molar-refractivity contribution is -0.147. The zero-order valence-corrected chi connectivity index (χ0v) is 17.7. The zero-order valence-electron chi connectivity index (χ0n) is 16.9. The highest BCUT2D eigenvalue weighted by molar-refractivity contribution is 7.89. The molecule has 0 unspecified atom stereocenters. The van der Waals surface area contributed by atoms with Gasteiger partial charge in [0.05, 0.1) is 16.9 Å². The number of aryl methyl sites for hydroxylation is 1. The summed E-state index contributed by atoms with van der Waals surface area (Å²) in [5.74, 6) is -1.20. The molecule has 2 aromatic rings. The van der Waals surface area contributed by atoms with Crippen LogP contribution in [0.3, 0.4) is 0 Å². The maximum absolute atomic E-state index is 12.8. The average molecular weight is 470 g/mol. The normalized spacial score (nSPS) is 14.0. The molecule has 0 aliphatic carbocycles. The van der Waals surface area contributed by atoms with Crippen molar-refractivity contribution in [3.05, 3.63) is 59.7 Å². The molecule has 0 bridgehead atoms. The summed E-state index contributed by atoms with van der Waals surface area (Å²) < 4.78 is 69.7. The Bertz CT molecular complexity index is 1100. The van der Waals surface area contributed by atoms with Crippen molar-refractivity contribution in [2.75, 3.05) is 24.6 Å². The van der Waals surface area contributed by atoms with E-state index in [1.807, 2.05) is 24.3 Å². The van der Waals surface area contributed by atoms with Gasteiger partial charge in [0, 0.05) is 18.8 Å². The predicted octanol–water partition coefficient (Wildman–Crippen LogP) is 2.90. The lowest BCUT2D eigenvalue weighted by Crippen LogP contribution is -2.38. The third-order valence-electron chi connectivity index (χ3n) is 4.86. The number of alkyl halides is 3. The molecule has 172 valence electrons. The van der Waals surface area contributed by atoms with Gasteiger partial charge in [0.1, 0.15) is 0 Å². The molecule has 1 N–H and O–H groups in total. The number of rotatable bonds is 7. The summed E-state index contributed by atoms with van der Waals surface area (Å²) in [6.07, 6.45) is -3.43. The highest BCUT2D eigenvalue weighted by Gasteiger charge is 2.31. The fraction of sp³-hybridized carbons (Fsp3) is 0.333. The van der Waals surface area contributed by atoms with Crippen molar-refractivity contribution >= 4 is 27.6 Å². The van der Waals surface area contributed by atoms with Crippen molar-refractivity contribution in [2.45, 2.75) is 30.3 Å². The maximum atomic E-state index is 12.8. The summed E-state index contributed by atoms with van der Waals surface area (Å²) in [5, 5.41) is 0. The summed E-state index contributed by atoms with van der Waals surface area (Å²) >= 11 is 0. The Balaban J connectivity index is 1.49. The number of fused-ring (bicyclic) bond motifs is 1. The van der Waals surface area contributed by atoms with E-state index in [4.69, 9.17) is 4.74 Å². The first-order chi connectivity index (χ1) is 15.1. The number of halogens is 3. The van der Waals surface area contributed by atoms with Gasteiger partial charge in [-0.25, -0.2) is 13.1 Å². The number of nitrogens with one attached hydrogen (secondary N) is 1. The average Bonchev–Trinajstić information content (AvgIpc) is 2.76. The summed E-state index contributed by atoms with van der Waals surface area (Å²) in [7, 11) is -4.25. The molecule has 2 aromatic carbocycles. The molecule has 11 heteroatoms. The Kier molecular flexibility index (Phi) is 7.19. The van der Waals surface area contributed by atoms with E-state index in [-0.39, 0.29) is 6.42 Å². The first-order valence-electron chi connectivity index (χ1n) is 9.79. The largest absolute Gasteiger partial charge is 0.456 e. The number of para-hydroxylation sites is 1. The monoisotopic (exact) mass is 470 g/mol. The van der Waals surface area contributed by atoms with Crippen molar-refractivity contribution in [2.24, 2.45) is 0 Å². The first kappa shape index (κ1) is 23.7. The standard InChI is InChI=1S/C21H21F3N2O5S/c22-21(23,24)16-7-3-8-17(13-16)32(29,30)25-11-10-20(28)31-14-19(27)26-12-4-6-15-5-1-2-9-18(15)26/h1-3,5,7-9,13,25H,4,6,10-12,14H2. The zero-order chi connectivity index (χ0) is 23.4. The SMILES string of the molecule is O=C(CCNS(=O)(=O)c1cccc(C(F)(F)F)c1)OCC(=O)N1CCCc2ccccc21. The lowest BCUT2D eigenvalue weighted by Gasteiger charge is -2.29. The molecule has 0 saturated carbocycles. The van der Waals surface area contributed by atoms with Gasteiger partial charge in [0.15, 0.2) is 6.61 Å². The van der Waals surface area contributed by atoms with Gasteiger partial charge in [0.25, 0.3) is 5.91 Å². The predicted molar refractivity (Wildman–Crippen MR) is 109 cm³/mol. The number of anilines is 1. The topological polar surface area (TPSA) is 92.8 Å². The van der Waals surface area contributed by atoms with Gasteiger partial charge in [0.2, 0.25) is 10.0 Å².